The zero-order valence-corrected chi connectivity index (χ0v) is 11.4. The van der Waals surface area contributed by atoms with Crippen LogP contribution in [0.1, 0.15) is 43.7 Å². The number of hydrogen-bond donors (Lipinski definition) is 1. The van der Waals surface area contributed by atoms with Crippen LogP contribution in [0.25, 0.3) is 0 Å². The molecule has 19 heavy (non-hydrogen) atoms. The van der Waals surface area contributed by atoms with Gasteiger partial charge in [-0.2, -0.15) is 0 Å². The summed E-state index contributed by atoms with van der Waals surface area (Å²) in [5, 5.41) is 3.34. The maximum absolute atomic E-state index is 13.3. The monoisotopic (exact) mass is 264 g/mol. The highest BCUT2D eigenvalue weighted by Gasteiger charge is 2.44. The van der Waals surface area contributed by atoms with Crippen molar-refractivity contribution in [3.8, 4) is 0 Å². The number of aromatic nitrogens is 1. The highest BCUT2D eigenvalue weighted by atomic mass is 19.1. The quantitative estimate of drug-likeness (QED) is 0.911. The Bertz CT molecular complexity index is 448. The summed E-state index contributed by atoms with van der Waals surface area (Å²) in [5.41, 5.74) is 1.07. The number of nitrogens with one attached hydrogen (secondary N) is 1. The van der Waals surface area contributed by atoms with Gasteiger partial charge in [-0.1, -0.05) is 0 Å². The van der Waals surface area contributed by atoms with Crippen molar-refractivity contribution in [1.29, 1.82) is 0 Å². The van der Waals surface area contributed by atoms with Crippen LogP contribution in [-0.2, 0) is 4.74 Å². The Kier molecular flexibility index (Phi) is 3.54. The fraction of sp³-hybridized carbons (Fsp3) is 0.667. The van der Waals surface area contributed by atoms with Gasteiger partial charge in [0.15, 0.2) is 0 Å². The first-order chi connectivity index (χ1) is 9.22. The molecule has 1 N–H and O–H groups in total. The third-order valence-corrected chi connectivity index (χ3v) is 4.66. The number of rotatable bonds is 3. The maximum Gasteiger partial charge on any atom is 0.141 e. The summed E-state index contributed by atoms with van der Waals surface area (Å²) in [6.45, 7) is 0.825. The molecule has 0 bridgehead atoms. The first-order valence-electron chi connectivity index (χ1n) is 7.14. The highest BCUT2D eigenvalue weighted by molar-refractivity contribution is 5.17. The Morgan fingerprint density at radius 3 is 2.95 bits per heavy atom. The molecule has 3 nitrogen and oxygen atoms in total. The van der Waals surface area contributed by atoms with Crippen molar-refractivity contribution in [3.63, 3.8) is 0 Å². The van der Waals surface area contributed by atoms with Gasteiger partial charge in [0.1, 0.15) is 5.82 Å². The van der Waals surface area contributed by atoms with Gasteiger partial charge in [-0.15, -0.1) is 0 Å². The average molecular weight is 264 g/mol. The van der Waals surface area contributed by atoms with Gasteiger partial charge < -0.3 is 10.1 Å². The second kappa shape index (κ2) is 5.17. The third-order valence-electron chi connectivity index (χ3n) is 4.66. The van der Waals surface area contributed by atoms with Crippen molar-refractivity contribution in [2.45, 2.75) is 43.7 Å². The van der Waals surface area contributed by atoms with E-state index >= 15 is 0 Å². The molecule has 1 aliphatic heterocycles. The van der Waals surface area contributed by atoms with Crippen LogP contribution < -0.4 is 5.32 Å². The summed E-state index contributed by atoms with van der Waals surface area (Å²) in [4.78, 5) is 3.97. The molecule has 1 saturated carbocycles. The van der Waals surface area contributed by atoms with Gasteiger partial charge in [0.2, 0.25) is 0 Å². The summed E-state index contributed by atoms with van der Waals surface area (Å²) in [7, 11) is 1.94. The lowest BCUT2D eigenvalue weighted by Gasteiger charge is -2.48. The average Bonchev–Trinajstić information content (AvgIpc) is 2.38. The molecule has 2 aliphatic rings. The van der Waals surface area contributed by atoms with Gasteiger partial charge in [-0.25, -0.2) is 4.39 Å². The summed E-state index contributed by atoms with van der Waals surface area (Å²) >= 11 is 0. The van der Waals surface area contributed by atoms with E-state index < -0.39 is 0 Å². The third kappa shape index (κ3) is 2.51. The highest BCUT2D eigenvalue weighted by Crippen LogP contribution is 2.47. The van der Waals surface area contributed by atoms with Crippen LogP contribution in [0.4, 0.5) is 4.39 Å². The Morgan fingerprint density at radius 2 is 2.32 bits per heavy atom. The lowest BCUT2D eigenvalue weighted by molar-refractivity contribution is -0.147. The second-order valence-corrected chi connectivity index (χ2v) is 5.84. The van der Waals surface area contributed by atoms with E-state index in [2.05, 4.69) is 10.3 Å². The van der Waals surface area contributed by atoms with Gasteiger partial charge >= 0.3 is 0 Å². The van der Waals surface area contributed by atoms with Crippen LogP contribution in [0.5, 0.6) is 0 Å². The van der Waals surface area contributed by atoms with Crippen LogP contribution in [0.2, 0.25) is 0 Å². The van der Waals surface area contributed by atoms with Crippen LogP contribution in [-0.4, -0.2) is 24.2 Å². The summed E-state index contributed by atoms with van der Waals surface area (Å²) < 4.78 is 19.3. The molecule has 4 heteroatoms. The molecule has 2 fully saturated rings. The molecule has 1 aromatic rings. The normalized spacial score (nSPS) is 26.9. The molecule has 1 aromatic heterocycles. The van der Waals surface area contributed by atoms with E-state index in [1.54, 1.807) is 12.3 Å². The van der Waals surface area contributed by atoms with Crippen molar-refractivity contribution in [3.05, 3.63) is 29.8 Å². The fourth-order valence-electron chi connectivity index (χ4n) is 3.54. The molecule has 2 atom stereocenters. The molecule has 0 amide bonds. The predicted molar refractivity (Wildman–Crippen MR) is 71.3 cm³/mol. The van der Waals surface area contributed by atoms with Crippen molar-refractivity contribution < 1.29 is 9.13 Å². The largest absolute Gasteiger partial charge is 0.375 e. The van der Waals surface area contributed by atoms with Gasteiger partial charge in [-0.05, 0) is 56.7 Å². The fourth-order valence-corrected chi connectivity index (χ4v) is 3.54. The summed E-state index contributed by atoms with van der Waals surface area (Å²) in [5.74, 6) is 0.241. The number of halogens is 1. The molecule has 2 unspecified atom stereocenters. The zero-order chi connectivity index (χ0) is 13.3. The molecular formula is C15H21FN2O. The van der Waals surface area contributed by atoms with Gasteiger partial charge in [-0.3, -0.25) is 4.98 Å². The minimum atomic E-state index is -0.261. The lowest BCUT2D eigenvalue weighted by Crippen LogP contribution is -2.47. The van der Waals surface area contributed by atoms with E-state index in [1.807, 2.05) is 7.05 Å². The standard InChI is InChI=1S/C15H21FN2O/c1-17-14(12-7-13(16)10-18-9-12)11-3-6-19-15(8-11)4-2-5-15/h7,9-11,14,17H,2-6,8H2,1H3. The number of pyridine rings is 1. The van der Waals surface area contributed by atoms with Crippen LogP contribution in [0, 0.1) is 11.7 Å². The Balaban J connectivity index is 1.78. The van der Waals surface area contributed by atoms with Crippen LogP contribution >= 0.6 is 0 Å². The number of hydrogen-bond acceptors (Lipinski definition) is 3. The van der Waals surface area contributed by atoms with Crippen molar-refractivity contribution in [2.24, 2.45) is 5.92 Å². The molecule has 0 radical (unpaired) electrons. The van der Waals surface area contributed by atoms with Crippen molar-refractivity contribution in [1.82, 2.24) is 10.3 Å². The second-order valence-electron chi connectivity index (χ2n) is 5.84. The topological polar surface area (TPSA) is 34.2 Å². The van der Waals surface area contributed by atoms with Gasteiger partial charge in [0.25, 0.3) is 0 Å². The van der Waals surface area contributed by atoms with Gasteiger partial charge in [0.05, 0.1) is 11.8 Å². The molecular weight excluding hydrogens is 243 g/mol. The minimum absolute atomic E-state index is 0.124. The molecule has 2 heterocycles. The van der Waals surface area contributed by atoms with Crippen molar-refractivity contribution >= 4 is 0 Å². The van der Waals surface area contributed by atoms with E-state index in [0.717, 1.165) is 25.0 Å². The molecule has 3 rings (SSSR count). The first kappa shape index (κ1) is 13.0. The number of ether oxygens (including phenoxy) is 1. The van der Waals surface area contributed by atoms with Crippen LogP contribution in [0.15, 0.2) is 18.5 Å². The smallest absolute Gasteiger partial charge is 0.141 e. The molecule has 0 aromatic carbocycles. The van der Waals surface area contributed by atoms with E-state index in [0.29, 0.717) is 5.92 Å². The first-order valence-corrected chi connectivity index (χ1v) is 7.14. The molecule has 104 valence electrons. The Morgan fingerprint density at radius 1 is 1.47 bits per heavy atom. The zero-order valence-electron chi connectivity index (χ0n) is 11.4. The molecule has 1 aliphatic carbocycles. The van der Waals surface area contributed by atoms with Gasteiger partial charge in [0, 0.05) is 18.8 Å². The minimum Gasteiger partial charge on any atom is -0.375 e. The van der Waals surface area contributed by atoms with E-state index in [4.69, 9.17) is 4.74 Å². The summed E-state index contributed by atoms with van der Waals surface area (Å²) in [6, 6.07) is 1.77. The van der Waals surface area contributed by atoms with Crippen LogP contribution in [0.3, 0.4) is 0 Å². The van der Waals surface area contributed by atoms with E-state index in [-0.39, 0.29) is 17.5 Å². The number of nitrogens with zero attached hydrogens (tertiary/aromatic N) is 1. The van der Waals surface area contributed by atoms with E-state index in [1.165, 1.54) is 25.5 Å². The SMILES string of the molecule is CNC(c1cncc(F)c1)C1CCOC2(CCC2)C1. The van der Waals surface area contributed by atoms with Crippen molar-refractivity contribution in [2.75, 3.05) is 13.7 Å². The predicted octanol–water partition coefficient (Wildman–Crippen LogP) is 2.83. The maximum atomic E-state index is 13.3. The molecule has 1 saturated heterocycles. The Labute approximate surface area is 113 Å². The summed E-state index contributed by atoms with van der Waals surface area (Å²) in [6.07, 6.45) is 8.78. The van der Waals surface area contributed by atoms with E-state index in [9.17, 15) is 4.39 Å². The molecule has 1 spiro atoms. The Hall–Kier alpha value is -1.00. The lowest BCUT2D eigenvalue weighted by atomic mass is 9.70.